The Morgan fingerprint density at radius 2 is 1.60 bits per heavy atom. The van der Waals surface area contributed by atoms with Crippen molar-refractivity contribution in [1.29, 1.82) is 5.26 Å². The van der Waals surface area contributed by atoms with Gasteiger partial charge >= 0.3 is 0 Å². The fraction of sp³-hybridized carbons (Fsp3) is 0.821. The fourth-order valence-electron chi connectivity index (χ4n) is 5.48. The molecule has 1 aliphatic carbocycles. The SMILES string of the molecule is CC(C)C[C@@H](C(=O)C(=O)[C@@H](N)CCCN=C(N)N)N(C(=O)C(CCCCCCCCC#N)C1CCCC1)[N+](=O)[O-]. The van der Waals surface area contributed by atoms with Crippen molar-refractivity contribution in [3.8, 4) is 6.07 Å². The zero-order valence-electron chi connectivity index (χ0n) is 24.3. The molecule has 0 aromatic rings. The summed E-state index contributed by atoms with van der Waals surface area (Å²) >= 11 is 0. The number of nitriles is 1. The number of nitro groups is 1. The molecule has 12 nitrogen and oxygen atoms in total. The molecular formula is C28H49N7O5. The first-order valence-electron chi connectivity index (χ1n) is 14.7. The summed E-state index contributed by atoms with van der Waals surface area (Å²) in [6.07, 6.45) is 10.6. The Hall–Kier alpha value is -3.07. The largest absolute Gasteiger partial charge is 0.370 e. The normalized spacial score (nSPS) is 15.7. The van der Waals surface area contributed by atoms with E-state index in [0.29, 0.717) is 24.3 Å². The molecule has 1 unspecified atom stereocenters. The average molecular weight is 564 g/mol. The van der Waals surface area contributed by atoms with E-state index in [1.165, 1.54) is 0 Å². The van der Waals surface area contributed by atoms with Crippen LogP contribution in [0.4, 0.5) is 0 Å². The first-order valence-corrected chi connectivity index (χ1v) is 14.7. The summed E-state index contributed by atoms with van der Waals surface area (Å²) in [5.74, 6) is -3.44. The van der Waals surface area contributed by atoms with Crippen LogP contribution >= 0.6 is 0 Å². The van der Waals surface area contributed by atoms with Crippen LogP contribution < -0.4 is 17.2 Å². The second kappa shape index (κ2) is 19.1. The van der Waals surface area contributed by atoms with Gasteiger partial charge in [-0.05, 0) is 61.8 Å². The van der Waals surface area contributed by atoms with Gasteiger partial charge in [-0.15, -0.1) is 0 Å². The summed E-state index contributed by atoms with van der Waals surface area (Å²) in [6.45, 7) is 3.80. The summed E-state index contributed by atoms with van der Waals surface area (Å²) in [5, 5.41) is 20.6. The molecule has 1 fully saturated rings. The maximum Gasteiger partial charge on any atom is 0.287 e. The van der Waals surface area contributed by atoms with Gasteiger partial charge in [0.15, 0.2) is 17.0 Å². The minimum atomic E-state index is -1.51. The molecule has 12 heteroatoms. The van der Waals surface area contributed by atoms with Gasteiger partial charge in [-0.1, -0.05) is 58.8 Å². The van der Waals surface area contributed by atoms with Crippen LogP contribution in [-0.4, -0.2) is 52.1 Å². The Labute approximate surface area is 238 Å². The van der Waals surface area contributed by atoms with E-state index in [9.17, 15) is 24.5 Å². The summed E-state index contributed by atoms with van der Waals surface area (Å²) in [6, 6.07) is -0.536. The van der Waals surface area contributed by atoms with Gasteiger partial charge < -0.3 is 17.2 Å². The second-order valence-electron chi connectivity index (χ2n) is 11.3. The minimum Gasteiger partial charge on any atom is -0.370 e. The molecule has 0 saturated heterocycles. The van der Waals surface area contributed by atoms with Crippen molar-refractivity contribution in [2.75, 3.05) is 6.54 Å². The van der Waals surface area contributed by atoms with Crippen LogP contribution in [-0.2, 0) is 14.4 Å². The van der Waals surface area contributed by atoms with Crippen molar-refractivity contribution in [3.63, 3.8) is 0 Å². The van der Waals surface area contributed by atoms with Crippen LogP contribution in [0.25, 0.3) is 0 Å². The molecule has 1 rings (SSSR count). The van der Waals surface area contributed by atoms with E-state index in [1.54, 1.807) is 13.8 Å². The number of carbonyl (C=O) groups is 3. The third-order valence-corrected chi connectivity index (χ3v) is 7.58. The number of ketones is 2. The number of rotatable bonds is 21. The number of unbranched alkanes of at least 4 members (excludes halogenated alkanes) is 6. The molecular weight excluding hydrogens is 514 g/mol. The van der Waals surface area contributed by atoms with Crippen LogP contribution in [0.1, 0.15) is 110 Å². The van der Waals surface area contributed by atoms with Gasteiger partial charge in [-0.2, -0.15) is 5.26 Å². The van der Waals surface area contributed by atoms with Gasteiger partial charge in [0.25, 0.3) is 5.91 Å². The standard InChI is InChI=1S/C28H49N7O5/c1-20(2)19-24(26(37)25(36)23(30)16-12-18-33-28(31)32)34(35(39)40)27(38)22(21-13-9-10-14-21)15-8-6-4-3-5-7-11-17-29/h20-24H,3-16,18-19,30H2,1-2H3,(H4,31,32,33)/t22?,23-,24-/m0/s1. The molecule has 0 radical (unpaired) electrons. The Balaban J connectivity index is 3.03. The Morgan fingerprint density at radius 3 is 2.15 bits per heavy atom. The molecule has 226 valence electrons. The number of amides is 1. The first-order chi connectivity index (χ1) is 19.0. The fourth-order valence-corrected chi connectivity index (χ4v) is 5.48. The predicted octanol–water partition coefficient (Wildman–Crippen LogP) is 3.39. The van der Waals surface area contributed by atoms with E-state index < -0.39 is 40.5 Å². The van der Waals surface area contributed by atoms with E-state index in [2.05, 4.69) is 11.1 Å². The predicted molar refractivity (Wildman–Crippen MR) is 153 cm³/mol. The lowest BCUT2D eigenvalue weighted by Gasteiger charge is -2.29. The number of guanidine groups is 1. The highest BCUT2D eigenvalue weighted by Gasteiger charge is 2.46. The van der Waals surface area contributed by atoms with Crippen LogP contribution in [0.15, 0.2) is 4.99 Å². The molecule has 0 aromatic carbocycles. The molecule has 1 amide bonds. The number of aliphatic imine (C=N–C) groups is 1. The number of hydrogen-bond donors (Lipinski definition) is 3. The molecule has 1 saturated carbocycles. The van der Waals surface area contributed by atoms with Gasteiger partial charge in [-0.3, -0.25) is 19.4 Å². The molecule has 0 heterocycles. The van der Waals surface area contributed by atoms with Crippen molar-refractivity contribution in [3.05, 3.63) is 10.1 Å². The van der Waals surface area contributed by atoms with E-state index in [4.69, 9.17) is 22.5 Å². The highest BCUT2D eigenvalue weighted by molar-refractivity contribution is 6.41. The Bertz CT molecular complexity index is 892. The lowest BCUT2D eigenvalue weighted by atomic mass is 9.84. The molecule has 40 heavy (non-hydrogen) atoms. The van der Waals surface area contributed by atoms with E-state index in [0.717, 1.165) is 64.2 Å². The third kappa shape index (κ3) is 12.4. The Kier molecular flexibility index (Phi) is 16.7. The Morgan fingerprint density at radius 1 is 1.00 bits per heavy atom. The lowest BCUT2D eigenvalue weighted by molar-refractivity contribution is -0.641. The van der Waals surface area contributed by atoms with Crippen molar-refractivity contribution in [2.45, 2.75) is 122 Å². The molecule has 0 bridgehead atoms. The molecule has 1 aliphatic rings. The number of Topliss-reactive ketones (excluding diaryl/α,β-unsaturated/α-hetero) is 2. The van der Waals surface area contributed by atoms with E-state index in [1.807, 2.05) is 0 Å². The van der Waals surface area contributed by atoms with Gasteiger partial charge in [0.2, 0.25) is 11.6 Å². The maximum atomic E-state index is 13.8. The molecule has 0 aromatic heterocycles. The molecule has 0 aliphatic heterocycles. The highest BCUT2D eigenvalue weighted by atomic mass is 16.7. The van der Waals surface area contributed by atoms with Gasteiger partial charge in [0.05, 0.1) is 12.1 Å². The number of carbonyl (C=O) groups excluding carboxylic acids is 3. The van der Waals surface area contributed by atoms with Gasteiger partial charge in [0.1, 0.15) is 0 Å². The third-order valence-electron chi connectivity index (χ3n) is 7.58. The van der Waals surface area contributed by atoms with Crippen molar-refractivity contribution in [1.82, 2.24) is 5.01 Å². The molecule has 3 atom stereocenters. The quantitative estimate of drug-likeness (QED) is 0.0465. The van der Waals surface area contributed by atoms with Gasteiger partial charge in [-0.25, -0.2) is 10.1 Å². The smallest absolute Gasteiger partial charge is 0.287 e. The summed E-state index contributed by atoms with van der Waals surface area (Å²) in [5.41, 5.74) is 16.6. The number of nitrogens with zero attached hydrogens (tertiary/aromatic N) is 4. The van der Waals surface area contributed by atoms with Crippen LogP contribution in [0.3, 0.4) is 0 Å². The van der Waals surface area contributed by atoms with E-state index >= 15 is 0 Å². The summed E-state index contributed by atoms with van der Waals surface area (Å²) in [7, 11) is 0. The average Bonchev–Trinajstić information content (AvgIpc) is 3.42. The summed E-state index contributed by atoms with van der Waals surface area (Å²) < 4.78 is 0. The zero-order chi connectivity index (χ0) is 30.1. The zero-order valence-corrected chi connectivity index (χ0v) is 24.3. The van der Waals surface area contributed by atoms with Crippen LogP contribution in [0.2, 0.25) is 0 Å². The highest BCUT2D eigenvalue weighted by Crippen LogP contribution is 2.36. The second-order valence-corrected chi connectivity index (χ2v) is 11.3. The minimum absolute atomic E-state index is 0.0158. The molecule has 6 N–H and O–H groups in total. The molecule has 0 spiro atoms. The maximum absolute atomic E-state index is 13.8. The number of nitrogens with two attached hydrogens (primary N) is 3. The topological polar surface area (TPSA) is 212 Å². The number of hydrogen-bond acceptors (Lipinski definition) is 8. The van der Waals surface area contributed by atoms with E-state index in [-0.39, 0.29) is 37.2 Å². The first kappa shape index (κ1) is 35.0. The monoisotopic (exact) mass is 563 g/mol. The van der Waals surface area contributed by atoms with Crippen LogP contribution in [0, 0.1) is 39.2 Å². The van der Waals surface area contributed by atoms with Crippen LogP contribution in [0.5, 0.6) is 0 Å². The lowest BCUT2D eigenvalue weighted by Crippen LogP contribution is -2.55. The summed E-state index contributed by atoms with van der Waals surface area (Å²) in [4.78, 5) is 56.3. The van der Waals surface area contributed by atoms with Crippen molar-refractivity contribution >= 4 is 23.4 Å². The van der Waals surface area contributed by atoms with Gasteiger partial charge in [0, 0.05) is 18.9 Å². The number of hydrazine groups is 1. The van der Waals surface area contributed by atoms with Crippen molar-refractivity contribution < 1.29 is 19.4 Å². The van der Waals surface area contributed by atoms with Crippen molar-refractivity contribution in [2.24, 2.45) is 39.9 Å².